The van der Waals surface area contributed by atoms with Crippen LogP contribution in [0.3, 0.4) is 0 Å². The van der Waals surface area contributed by atoms with Gasteiger partial charge in [-0.3, -0.25) is 9.59 Å². The molecule has 4 heteroatoms. The molecule has 0 saturated carbocycles. The predicted molar refractivity (Wildman–Crippen MR) is 60.5 cm³/mol. The summed E-state index contributed by atoms with van der Waals surface area (Å²) in [5.41, 5.74) is 0.714. The van der Waals surface area contributed by atoms with Crippen LogP contribution < -0.4 is 0 Å². The maximum atomic E-state index is 11.6. The third-order valence-corrected chi connectivity index (χ3v) is 2.52. The molecule has 2 rings (SSSR count). The Morgan fingerprint density at radius 3 is 2.29 bits per heavy atom. The van der Waals surface area contributed by atoms with Gasteiger partial charge in [0.15, 0.2) is 11.5 Å². The van der Waals surface area contributed by atoms with E-state index in [1.54, 1.807) is 24.3 Å². The maximum absolute atomic E-state index is 11.6. The van der Waals surface area contributed by atoms with Crippen molar-refractivity contribution >= 4 is 11.6 Å². The Morgan fingerprint density at radius 2 is 1.65 bits per heavy atom. The molecule has 1 aromatic rings. The van der Waals surface area contributed by atoms with Crippen LogP contribution >= 0.6 is 0 Å². The highest BCUT2D eigenvalue weighted by Crippen LogP contribution is 2.20. The first-order chi connectivity index (χ1) is 8.09. The molecule has 4 nitrogen and oxygen atoms in total. The van der Waals surface area contributed by atoms with E-state index in [2.05, 4.69) is 0 Å². The van der Waals surface area contributed by atoms with Gasteiger partial charge in [0.05, 0.1) is 5.57 Å². The molecule has 0 bridgehead atoms. The van der Waals surface area contributed by atoms with E-state index in [4.69, 9.17) is 0 Å². The van der Waals surface area contributed by atoms with Crippen molar-refractivity contribution in [1.29, 1.82) is 0 Å². The summed E-state index contributed by atoms with van der Waals surface area (Å²) in [5.74, 6) is -2.66. The molecule has 0 amide bonds. The fourth-order valence-corrected chi connectivity index (χ4v) is 1.63. The Hall–Kier alpha value is -2.36. The second kappa shape index (κ2) is 4.25. The lowest BCUT2D eigenvalue weighted by atomic mass is 9.94. The van der Waals surface area contributed by atoms with Gasteiger partial charge >= 0.3 is 0 Å². The Labute approximate surface area is 97.5 Å². The second-order valence-corrected chi connectivity index (χ2v) is 3.71. The van der Waals surface area contributed by atoms with Gasteiger partial charge in [0, 0.05) is 12.5 Å². The molecule has 17 heavy (non-hydrogen) atoms. The van der Waals surface area contributed by atoms with E-state index in [0.717, 1.165) is 11.6 Å². The number of carbonyl (C=O) groups excluding carboxylic acids is 2. The first-order valence-electron chi connectivity index (χ1n) is 5.05. The second-order valence-electron chi connectivity index (χ2n) is 3.71. The third-order valence-electron chi connectivity index (χ3n) is 2.52. The van der Waals surface area contributed by atoms with Gasteiger partial charge in [0.25, 0.3) is 0 Å². The highest BCUT2D eigenvalue weighted by molar-refractivity contribution is 6.20. The van der Waals surface area contributed by atoms with Gasteiger partial charge in [-0.1, -0.05) is 30.3 Å². The molecular formula is C13H10O4. The fourth-order valence-electron chi connectivity index (χ4n) is 1.63. The Kier molecular flexibility index (Phi) is 2.78. The zero-order valence-corrected chi connectivity index (χ0v) is 8.88. The van der Waals surface area contributed by atoms with Gasteiger partial charge in [-0.05, 0) is 5.56 Å². The average molecular weight is 230 g/mol. The van der Waals surface area contributed by atoms with E-state index in [1.165, 1.54) is 0 Å². The van der Waals surface area contributed by atoms with E-state index < -0.39 is 23.1 Å². The third kappa shape index (κ3) is 2.10. The number of Topliss-reactive ketones (excluding diaryl/α,β-unsaturated/α-hetero) is 1. The molecule has 1 aliphatic rings. The van der Waals surface area contributed by atoms with Crippen LogP contribution in [0.25, 0.3) is 0 Å². The molecule has 2 N–H and O–H groups in total. The summed E-state index contributed by atoms with van der Waals surface area (Å²) in [5, 5.41) is 18.8. The van der Waals surface area contributed by atoms with Crippen LogP contribution in [0.2, 0.25) is 0 Å². The highest BCUT2D eigenvalue weighted by atomic mass is 16.3. The molecule has 0 unspecified atom stereocenters. The molecule has 1 aliphatic carbocycles. The number of hydrogen-bond acceptors (Lipinski definition) is 4. The number of carbonyl (C=O) groups is 2. The number of hydrogen-bond donors (Lipinski definition) is 2. The zero-order chi connectivity index (χ0) is 12.4. The number of aliphatic hydroxyl groups is 2. The van der Waals surface area contributed by atoms with Crippen molar-refractivity contribution in [2.75, 3.05) is 0 Å². The predicted octanol–water partition coefficient (Wildman–Crippen LogP) is 1.63. The Bertz CT molecular complexity index is 538. The van der Waals surface area contributed by atoms with E-state index in [9.17, 15) is 19.8 Å². The SMILES string of the molecule is O=C1C=C(O)C(=O)C(Cc2ccccc2)=C1O. The van der Waals surface area contributed by atoms with Crippen molar-refractivity contribution in [1.82, 2.24) is 0 Å². The molecule has 0 atom stereocenters. The molecule has 0 aliphatic heterocycles. The number of ketones is 2. The van der Waals surface area contributed by atoms with Crippen LogP contribution in [0.5, 0.6) is 0 Å². The summed E-state index contributed by atoms with van der Waals surface area (Å²) < 4.78 is 0. The van der Waals surface area contributed by atoms with Gasteiger partial charge < -0.3 is 10.2 Å². The summed E-state index contributed by atoms with van der Waals surface area (Å²) >= 11 is 0. The number of rotatable bonds is 2. The molecule has 0 fully saturated rings. The first-order valence-corrected chi connectivity index (χ1v) is 5.05. The largest absolute Gasteiger partial charge is 0.504 e. The zero-order valence-electron chi connectivity index (χ0n) is 8.88. The van der Waals surface area contributed by atoms with Crippen LogP contribution in [-0.2, 0) is 16.0 Å². The summed E-state index contributed by atoms with van der Waals surface area (Å²) in [6, 6.07) is 8.94. The normalized spacial score (nSPS) is 16.1. The van der Waals surface area contributed by atoms with Gasteiger partial charge in [-0.15, -0.1) is 0 Å². The van der Waals surface area contributed by atoms with Gasteiger partial charge in [0.2, 0.25) is 11.6 Å². The Morgan fingerprint density at radius 1 is 1.00 bits per heavy atom. The minimum atomic E-state index is -0.743. The standard InChI is InChI=1S/C13H10O4/c14-10-7-11(15)13(17)9(12(10)16)6-8-4-2-1-3-5-8/h1-5,7,14,17H,6H2. The van der Waals surface area contributed by atoms with E-state index in [1.807, 2.05) is 6.07 Å². The van der Waals surface area contributed by atoms with Gasteiger partial charge in [-0.2, -0.15) is 0 Å². The van der Waals surface area contributed by atoms with Crippen LogP contribution in [-0.4, -0.2) is 21.8 Å². The summed E-state index contributed by atoms with van der Waals surface area (Å²) in [6.07, 6.45) is 0.849. The van der Waals surface area contributed by atoms with E-state index >= 15 is 0 Å². The van der Waals surface area contributed by atoms with Gasteiger partial charge in [0.1, 0.15) is 0 Å². The van der Waals surface area contributed by atoms with Crippen molar-refractivity contribution in [2.45, 2.75) is 6.42 Å². The van der Waals surface area contributed by atoms with Crippen molar-refractivity contribution in [3.63, 3.8) is 0 Å². The number of allylic oxidation sites excluding steroid dienone is 2. The minimum Gasteiger partial charge on any atom is -0.504 e. The van der Waals surface area contributed by atoms with E-state index in [0.29, 0.717) is 0 Å². The van der Waals surface area contributed by atoms with Crippen LogP contribution in [0, 0.1) is 0 Å². The molecular weight excluding hydrogens is 220 g/mol. The lowest BCUT2D eigenvalue weighted by Gasteiger charge is -2.12. The van der Waals surface area contributed by atoms with Crippen LogP contribution in [0.4, 0.5) is 0 Å². The summed E-state index contributed by atoms with van der Waals surface area (Å²) in [6.45, 7) is 0. The van der Waals surface area contributed by atoms with Crippen molar-refractivity contribution in [3.05, 3.63) is 59.1 Å². The lowest BCUT2D eigenvalue weighted by molar-refractivity contribution is -0.119. The van der Waals surface area contributed by atoms with Gasteiger partial charge in [-0.25, -0.2) is 0 Å². The average Bonchev–Trinajstić information content (AvgIpc) is 2.33. The quantitative estimate of drug-likeness (QED) is 0.757. The summed E-state index contributed by atoms with van der Waals surface area (Å²) in [7, 11) is 0. The molecule has 1 aromatic carbocycles. The lowest BCUT2D eigenvalue weighted by Crippen LogP contribution is -2.20. The van der Waals surface area contributed by atoms with E-state index in [-0.39, 0.29) is 12.0 Å². The van der Waals surface area contributed by atoms with Crippen LogP contribution in [0.15, 0.2) is 53.5 Å². The topological polar surface area (TPSA) is 74.6 Å². The van der Waals surface area contributed by atoms with Crippen molar-refractivity contribution in [2.24, 2.45) is 0 Å². The van der Waals surface area contributed by atoms with Crippen LogP contribution in [0.1, 0.15) is 5.56 Å². The van der Waals surface area contributed by atoms with Crippen molar-refractivity contribution in [3.8, 4) is 0 Å². The molecule has 0 radical (unpaired) electrons. The molecule has 0 aromatic heterocycles. The number of benzene rings is 1. The molecule has 86 valence electrons. The minimum absolute atomic E-state index is 0.0683. The monoisotopic (exact) mass is 230 g/mol. The first kappa shape index (κ1) is 11.1. The fraction of sp³-hybridized carbons (Fsp3) is 0.0769. The summed E-state index contributed by atoms with van der Waals surface area (Å²) in [4.78, 5) is 22.9. The smallest absolute Gasteiger partial charge is 0.227 e. The van der Waals surface area contributed by atoms with Crippen molar-refractivity contribution < 1.29 is 19.8 Å². The highest BCUT2D eigenvalue weighted by Gasteiger charge is 2.27. The molecule has 0 spiro atoms. The molecule has 0 heterocycles. The Balaban J connectivity index is 2.35. The number of aliphatic hydroxyl groups excluding tert-OH is 2. The molecule has 0 saturated heterocycles. The maximum Gasteiger partial charge on any atom is 0.227 e.